The third-order valence-corrected chi connectivity index (χ3v) is 3.03. The summed E-state index contributed by atoms with van der Waals surface area (Å²) in [5.74, 6) is -0.635. The summed E-state index contributed by atoms with van der Waals surface area (Å²) < 4.78 is 0. The molecule has 2 N–H and O–H groups in total. The van der Waals surface area contributed by atoms with Crippen molar-refractivity contribution in [1.82, 2.24) is 4.98 Å². The van der Waals surface area contributed by atoms with Crippen molar-refractivity contribution in [3.05, 3.63) is 36.5 Å². The third kappa shape index (κ3) is 1.48. The Balaban J connectivity index is 2.21. The molecule has 1 aromatic heterocycles. The molecule has 90 valence electrons. The Labute approximate surface area is 103 Å². The largest absolute Gasteiger partial charge is 0.319 e. The fourth-order valence-electron chi connectivity index (χ4n) is 2.18. The maximum atomic E-state index is 11.9. The Kier molecular flexibility index (Phi) is 2.34. The minimum atomic E-state index is -0.739. The van der Waals surface area contributed by atoms with Crippen LogP contribution in [0.5, 0.6) is 0 Å². The van der Waals surface area contributed by atoms with E-state index in [1.165, 1.54) is 0 Å². The molecule has 2 amide bonds. The van der Waals surface area contributed by atoms with Gasteiger partial charge in [-0.15, -0.1) is 0 Å². The van der Waals surface area contributed by atoms with E-state index in [9.17, 15) is 9.59 Å². The van der Waals surface area contributed by atoms with E-state index in [0.29, 0.717) is 11.2 Å². The summed E-state index contributed by atoms with van der Waals surface area (Å²) in [5, 5.41) is 0.885. The first-order valence-electron chi connectivity index (χ1n) is 5.64. The molecule has 1 aromatic carbocycles. The average molecular weight is 241 g/mol. The first-order chi connectivity index (χ1) is 8.68. The summed E-state index contributed by atoms with van der Waals surface area (Å²) in [4.78, 5) is 29.1. The second-order valence-corrected chi connectivity index (χ2v) is 4.23. The highest BCUT2D eigenvalue weighted by Crippen LogP contribution is 2.28. The fraction of sp³-hybridized carbons (Fsp3) is 0.154. The minimum Gasteiger partial charge on any atom is -0.319 e. The van der Waals surface area contributed by atoms with Crippen LogP contribution in [0.1, 0.15) is 6.42 Å². The molecular weight excluding hydrogens is 230 g/mol. The second-order valence-electron chi connectivity index (χ2n) is 4.23. The van der Waals surface area contributed by atoms with Gasteiger partial charge in [0.1, 0.15) is 0 Å². The van der Waals surface area contributed by atoms with E-state index in [1.807, 2.05) is 18.2 Å². The molecule has 1 fully saturated rings. The maximum Gasteiger partial charge on any atom is 0.251 e. The number of rotatable bonds is 1. The Hall–Kier alpha value is -2.27. The Morgan fingerprint density at radius 3 is 2.72 bits per heavy atom. The molecule has 1 aliphatic rings. The van der Waals surface area contributed by atoms with E-state index in [2.05, 4.69) is 4.98 Å². The van der Waals surface area contributed by atoms with E-state index in [0.717, 1.165) is 10.3 Å². The molecule has 1 aliphatic heterocycles. The number of hydrogen-bond donors (Lipinski definition) is 1. The number of pyridine rings is 1. The number of fused-ring (bicyclic) bond motifs is 1. The highest BCUT2D eigenvalue weighted by atomic mass is 16.2. The van der Waals surface area contributed by atoms with Gasteiger partial charge >= 0.3 is 0 Å². The average Bonchev–Trinajstić information content (AvgIpc) is 2.63. The van der Waals surface area contributed by atoms with Crippen LogP contribution in [0.25, 0.3) is 10.9 Å². The van der Waals surface area contributed by atoms with Crippen molar-refractivity contribution >= 4 is 28.4 Å². The molecule has 0 radical (unpaired) electrons. The number of para-hydroxylation sites is 1. The van der Waals surface area contributed by atoms with Gasteiger partial charge < -0.3 is 5.73 Å². The van der Waals surface area contributed by atoms with Gasteiger partial charge in [-0.2, -0.15) is 0 Å². The summed E-state index contributed by atoms with van der Waals surface area (Å²) in [6.45, 7) is 0. The lowest BCUT2D eigenvalue weighted by atomic mass is 10.2. The van der Waals surface area contributed by atoms with Crippen LogP contribution in [0.4, 0.5) is 5.69 Å². The Morgan fingerprint density at radius 2 is 2.00 bits per heavy atom. The van der Waals surface area contributed by atoms with Crippen LogP contribution in [0.15, 0.2) is 36.5 Å². The van der Waals surface area contributed by atoms with Crippen LogP contribution >= 0.6 is 0 Å². The highest BCUT2D eigenvalue weighted by Gasteiger charge is 2.38. The van der Waals surface area contributed by atoms with Gasteiger partial charge in [-0.25, -0.2) is 4.90 Å². The Morgan fingerprint density at radius 1 is 1.22 bits per heavy atom. The number of amides is 2. The normalized spacial score (nSPS) is 19.8. The number of carbonyl (C=O) groups is 2. The van der Waals surface area contributed by atoms with Gasteiger partial charge in [-0.1, -0.05) is 18.2 Å². The monoisotopic (exact) mass is 241 g/mol. The van der Waals surface area contributed by atoms with Gasteiger partial charge in [0.25, 0.3) is 5.91 Å². The topological polar surface area (TPSA) is 76.3 Å². The summed E-state index contributed by atoms with van der Waals surface area (Å²) >= 11 is 0. The van der Waals surface area contributed by atoms with E-state index >= 15 is 0 Å². The van der Waals surface area contributed by atoms with Gasteiger partial charge in [0.15, 0.2) is 0 Å². The number of aromatic nitrogens is 1. The van der Waals surface area contributed by atoms with Crippen molar-refractivity contribution in [1.29, 1.82) is 0 Å². The molecule has 18 heavy (non-hydrogen) atoms. The lowest BCUT2D eigenvalue weighted by Gasteiger charge is -2.15. The van der Waals surface area contributed by atoms with E-state index < -0.39 is 6.04 Å². The smallest absolute Gasteiger partial charge is 0.251 e. The second kappa shape index (κ2) is 3.89. The van der Waals surface area contributed by atoms with Crippen LogP contribution in [0.3, 0.4) is 0 Å². The highest BCUT2D eigenvalue weighted by molar-refractivity contribution is 6.24. The summed E-state index contributed by atoms with van der Waals surface area (Å²) in [6, 6.07) is 8.35. The molecule has 2 aromatic rings. The van der Waals surface area contributed by atoms with Crippen molar-refractivity contribution in [3.8, 4) is 0 Å². The number of anilines is 1. The van der Waals surface area contributed by atoms with Crippen molar-refractivity contribution in [3.63, 3.8) is 0 Å². The number of nitrogens with two attached hydrogens (primary N) is 1. The third-order valence-electron chi connectivity index (χ3n) is 3.03. The summed E-state index contributed by atoms with van der Waals surface area (Å²) in [5.41, 5.74) is 6.75. The van der Waals surface area contributed by atoms with Gasteiger partial charge in [0.05, 0.1) is 23.7 Å². The molecule has 1 saturated heterocycles. The summed E-state index contributed by atoms with van der Waals surface area (Å²) in [6.07, 6.45) is 1.69. The van der Waals surface area contributed by atoms with Crippen LogP contribution in [0, 0.1) is 0 Å². The molecule has 5 nitrogen and oxygen atoms in total. The van der Waals surface area contributed by atoms with Crippen molar-refractivity contribution < 1.29 is 9.59 Å². The zero-order valence-corrected chi connectivity index (χ0v) is 9.54. The van der Waals surface area contributed by atoms with E-state index in [4.69, 9.17) is 5.73 Å². The number of benzene rings is 1. The molecule has 0 saturated carbocycles. The molecule has 0 bridgehead atoms. The van der Waals surface area contributed by atoms with Crippen LogP contribution < -0.4 is 10.6 Å². The van der Waals surface area contributed by atoms with Crippen LogP contribution in [0.2, 0.25) is 0 Å². The molecule has 1 atom stereocenters. The van der Waals surface area contributed by atoms with Gasteiger partial charge in [0.2, 0.25) is 5.91 Å². The van der Waals surface area contributed by atoms with Gasteiger partial charge in [-0.05, 0) is 12.1 Å². The molecule has 0 unspecified atom stereocenters. The standard InChI is InChI=1S/C13H11N3O2/c14-9-7-11(17)16(13(9)18)10-5-1-3-8-4-2-6-15-12(8)10/h1-6,9H,7,14H2/t9-/m0/s1. The van der Waals surface area contributed by atoms with Crippen LogP contribution in [-0.2, 0) is 9.59 Å². The van der Waals surface area contributed by atoms with E-state index in [1.54, 1.807) is 18.3 Å². The van der Waals surface area contributed by atoms with Crippen molar-refractivity contribution in [2.24, 2.45) is 5.73 Å². The predicted molar refractivity (Wildman–Crippen MR) is 66.8 cm³/mol. The zero-order valence-electron chi connectivity index (χ0n) is 9.54. The predicted octanol–water partition coefficient (Wildman–Crippen LogP) is 0.825. The fourth-order valence-corrected chi connectivity index (χ4v) is 2.18. The molecule has 0 aliphatic carbocycles. The van der Waals surface area contributed by atoms with Gasteiger partial charge in [-0.3, -0.25) is 14.6 Å². The lowest BCUT2D eigenvalue weighted by molar-refractivity contribution is -0.121. The van der Waals surface area contributed by atoms with Crippen molar-refractivity contribution in [2.45, 2.75) is 12.5 Å². The quantitative estimate of drug-likeness (QED) is 0.750. The maximum absolute atomic E-state index is 11.9. The molecule has 0 spiro atoms. The number of hydrogen-bond acceptors (Lipinski definition) is 4. The Bertz CT molecular complexity index is 648. The molecule has 2 heterocycles. The first-order valence-corrected chi connectivity index (χ1v) is 5.64. The first kappa shape index (κ1) is 10.9. The molecular formula is C13H11N3O2. The molecule has 5 heteroatoms. The zero-order chi connectivity index (χ0) is 12.7. The lowest BCUT2D eigenvalue weighted by Crippen LogP contribution is -2.35. The SMILES string of the molecule is N[C@H]1CC(=O)N(c2cccc3cccnc23)C1=O. The molecule has 3 rings (SSSR count). The number of carbonyl (C=O) groups excluding carboxylic acids is 2. The summed E-state index contributed by atoms with van der Waals surface area (Å²) in [7, 11) is 0. The number of imide groups is 1. The number of nitrogens with zero attached hydrogens (tertiary/aromatic N) is 2. The van der Waals surface area contributed by atoms with Gasteiger partial charge in [0, 0.05) is 11.6 Å². The van der Waals surface area contributed by atoms with Crippen LogP contribution in [-0.4, -0.2) is 22.8 Å². The van der Waals surface area contributed by atoms with E-state index in [-0.39, 0.29) is 18.2 Å². The van der Waals surface area contributed by atoms with Crippen molar-refractivity contribution in [2.75, 3.05) is 4.90 Å². The minimum absolute atomic E-state index is 0.0576.